The number of halogens is 1. The predicted octanol–water partition coefficient (Wildman–Crippen LogP) is 1.90. The Morgan fingerprint density at radius 2 is 2.38 bits per heavy atom. The first-order chi connectivity index (χ1) is 3.81. The van der Waals surface area contributed by atoms with E-state index in [0.29, 0.717) is 12.8 Å². The molecule has 1 atom stereocenters. The van der Waals surface area contributed by atoms with Gasteiger partial charge in [-0.3, -0.25) is 4.39 Å². The number of nitriles is 1. The topological polar surface area (TPSA) is 23.8 Å². The molecule has 0 aromatic carbocycles. The van der Waals surface area contributed by atoms with Gasteiger partial charge in [0, 0.05) is 5.92 Å². The SMILES string of the molecule is CC(C#N)CCCF. The molecular formula is C6H10FN. The maximum Gasteiger partial charge on any atom is 0.0894 e. The van der Waals surface area contributed by atoms with Crippen LogP contribution in [0.3, 0.4) is 0 Å². The van der Waals surface area contributed by atoms with E-state index in [4.69, 9.17) is 5.26 Å². The molecule has 8 heavy (non-hydrogen) atoms. The zero-order valence-corrected chi connectivity index (χ0v) is 5.02. The normalized spacial score (nSPS) is 12.6. The lowest BCUT2D eigenvalue weighted by Gasteiger charge is -1.94. The molecule has 0 aromatic rings. The molecule has 0 aliphatic carbocycles. The van der Waals surface area contributed by atoms with Crippen LogP contribution < -0.4 is 0 Å². The maximum absolute atomic E-state index is 11.4. The monoisotopic (exact) mass is 115 g/mol. The lowest BCUT2D eigenvalue weighted by Crippen LogP contribution is -1.89. The average Bonchev–Trinajstić information content (AvgIpc) is 1.83. The van der Waals surface area contributed by atoms with E-state index in [1.54, 1.807) is 6.92 Å². The molecule has 0 fully saturated rings. The molecule has 0 radical (unpaired) electrons. The number of hydrogen-bond acceptors (Lipinski definition) is 1. The predicted molar refractivity (Wildman–Crippen MR) is 30.0 cm³/mol. The molecule has 0 amide bonds. The van der Waals surface area contributed by atoms with Crippen LogP contribution in [0, 0.1) is 17.2 Å². The van der Waals surface area contributed by atoms with Gasteiger partial charge in [-0.25, -0.2) is 0 Å². The van der Waals surface area contributed by atoms with E-state index in [1.165, 1.54) is 0 Å². The summed E-state index contributed by atoms with van der Waals surface area (Å²) >= 11 is 0. The van der Waals surface area contributed by atoms with Gasteiger partial charge in [0.15, 0.2) is 0 Å². The summed E-state index contributed by atoms with van der Waals surface area (Å²) in [5.41, 5.74) is 0. The second kappa shape index (κ2) is 4.58. The number of rotatable bonds is 3. The van der Waals surface area contributed by atoms with Crippen LogP contribution in [0.1, 0.15) is 19.8 Å². The molecule has 46 valence electrons. The van der Waals surface area contributed by atoms with Gasteiger partial charge in [0.1, 0.15) is 0 Å². The van der Waals surface area contributed by atoms with Crippen molar-refractivity contribution < 1.29 is 4.39 Å². The van der Waals surface area contributed by atoms with E-state index >= 15 is 0 Å². The quantitative estimate of drug-likeness (QED) is 0.551. The van der Waals surface area contributed by atoms with Crippen LogP contribution in [0.2, 0.25) is 0 Å². The molecule has 0 rings (SSSR count). The molecular weight excluding hydrogens is 105 g/mol. The first kappa shape index (κ1) is 7.42. The average molecular weight is 115 g/mol. The van der Waals surface area contributed by atoms with Crippen LogP contribution in [-0.4, -0.2) is 6.67 Å². The highest BCUT2D eigenvalue weighted by Gasteiger charge is 1.96. The zero-order chi connectivity index (χ0) is 6.41. The summed E-state index contributed by atoms with van der Waals surface area (Å²) in [7, 11) is 0. The zero-order valence-electron chi connectivity index (χ0n) is 5.02. The minimum atomic E-state index is -0.300. The Kier molecular flexibility index (Phi) is 4.24. The van der Waals surface area contributed by atoms with E-state index in [2.05, 4.69) is 0 Å². The van der Waals surface area contributed by atoms with E-state index in [-0.39, 0.29) is 12.6 Å². The highest BCUT2D eigenvalue weighted by Crippen LogP contribution is 2.02. The van der Waals surface area contributed by atoms with Crippen LogP contribution in [0.15, 0.2) is 0 Å². The Morgan fingerprint density at radius 1 is 1.75 bits per heavy atom. The first-order valence-corrected chi connectivity index (χ1v) is 2.77. The summed E-state index contributed by atoms with van der Waals surface area (Å²) < 4.78 is 11.4. The van der Waals surface area contributed by atoms with Gasteiger partial charge < -0.3 is 0 Å². The lowest BCUT2D eigenvalue weighted by atomic mass is 10.1. The smallest absolute Gasteiger partial charge is 0.0894 e. The van der Waals surface area contributed by atoms with Gasteiger partial charge in [-0.15, -0.1) is 0 Å². The summed E-state index contributed by atoms with van der Waals surface area (Å²) in [5, 5.41) is 8.19. The summed E-state index contributed by atoms with van der Waals surface area (Å²) in [6.45, 7) is 1.50. The molecule has 0 spiro atoms. The standard InChI is InChI=1S/C6H10FN/c1-6(5-8)3-2-4-7/h6H,2-4H2,1H3. The molecule has 1 unspecified atom stereocenters. The van der Waals surface area contributed by atoms with Gasteiger partial charge in [0.2, 0.25) is 0 Å². The van der Waals surface area contributed by atoms with Crippen molar-refractivity contribution in [1.82, 2.24) is 0 Å². The van der Waals surface area contributed by atoms with Gasteiger partial charge >= 0.3 is 0 Å². The molecule has 2 heteroatoms. The molecule has 0 saturated heterocycles. The third kappa shape index (κ3) is 3.60. The van der Waals surface area contributed by atoms with Crippen molar-refractivity contribution in [2.24, 2.45) is 5.92 Å². The summed E-state index contributed by atoms with van der Waals surface area (Å²) in [4.78, 5) is 0. The second-order valence-electron chi connectivity index (χ2n) is 1.86. The molecule has 0 aliphatic rings. The molecule has 0 aromatic heterocycles. The molecule has 0 saturated carbocycles. The van der Waals surface area contributed by atoms with Crippen molar-refractivity contribution in [1.29, 1.82) is 5.26 Å². The summed E-state index contributed by atoms with van der Waals surface area (Å²) in [6.07, 6.45) is 1.21. The van der Waals surface area contributed by atoms with Crippen molar-refractivity contribution >= 4 is 0 Å². The van der Waals surface area contributed by atoms with E-state index < -0.39 is 0 Å². The van der Waals surface area contributed by atoms with Crippen LogP contribution in [-0.2, 0) is 0 Å². The Balaban J connectivity index is 3.02. The Hall–Kier alpha value is -0.580. The van der Waals surface area contributed by atoms with Crippen molar-refractivity contribution in [3.05, 3.63) is 0 Å². The van der Waals surface area contributed by atoms with Crippen LogP contribution in [0.4, 0.5) is 4.39 Å². The molecule has 1 nitrogen and oxygen atoms in total. The van der Waals surface area contributed by atoms with E-state index in [9.17, 15) is 4.39 Å². The Morgan fingerprint density at radius 3 is 2.75 bits per heavy atom. The first-order valence-electron chi connectivity index (χ1n) is 2.77. The number of hydrogen-bond donors (Lipinski definition) is 0. The third-order valence-corrected chi connectivity index (χ3v) is 0.991. The van der Waals surface area contributed by atoms with Crippen molar-refractivity contribution in [3.8, 4) is 6.07 Å². The Labute approximate surface area is 49.1 Å². The third-order valence-electron chi connectivity index (χ3n) is 0.991. The summed E-state index contributed by atoms with van der Waals surface area (Å²) in [5.74, 6) is 0.0192. The molecule has 0 bridgehead atoms. The van der Waals surface area contributed by atoms with E-state index in [1.807, 2.05) is 6.07 Å². The maximum atomic E-state index is 11.4. The van der Waals surface area contributed by atoms with Crippen LogP contribution in [0.5, 0.6) is 0 Å². The van der Waals surface area contributed by atoms with Crippen molar-refractivity contribution in [2.45, 2.75) is 19.8 Å². The highest BCUT2D eigenvalue weighted by molar-refractivity contribution is 4.77. The number of alkyl halides is 1. The molecule has 0 aliphatic heterocycles. The largest absolute Gasteiger partial charge is 0.251 e. The second-order valence-corrected chi connectivity index (χ2v) is 1.86. The molecule has 0 heterocycles. The van der Waals surface area contributed by atoms with Crippen LogP contribution >= 0.6 is 0 Å². The minimum Gasteiger partial charge on any atom is -0.251 e. The number of nitrogens with zero attached hydrogens (tertiary/aromatic N) is 1. The van der Waals surface area contributed by atoms with Gasteiger partial charge in [-0.2, -0.15) is 5.26 Å². The van der Waals surface area contributed by atoms with Crippen LogP contribution in [0.25, 0.3) is 0 Å². The fraction of sp³-hybridized carbons (Fsp3) is 0.833. The van der Waals surface area contributed by atoms with Gasteiger partial charge in [-0.1, -0.05) is 0 Å². The fourth-order valence-corrected chi connectivity index (χ4v) is 0.448. The highest BCUT2D eigenvalue weighted by atomic mass is 19.1. The lowest BCUT2D eigenvalue weighted by molar-refractivity contribution is 0.444. The Bertz CT molecular complexity index is 85.0. The van der Waals surface area contributed by atoms with Gasteiger partial charge in [-0.05, 0) is 19.8 Å². The van der Waals surface area contributed by atoms with Gasteiger partial charge in [0.25, 0.3) is 0 Å². The van der Waals surface area contributed by atoms with Crippen molar-refractivity contribution in [3.63, 3.8) is 0 Å². The van der Waals surface area contributed by atoms with E-state index in [0.717, 1.165) is 0 Å². The minimum absolute atomic E-state index is 0.0192. The van der Waals surface area contributed by atoms with Gasteiger partial charge in [0.05, 0.1) is 12.7 Å². The fourth-order valence-electron chi connectivity index (χ4n) is 0.448. The summed E-state index contributed by atoms with van der Waals surface area (Å²) in [6, 6.07) is 2.03. The van der Waals surface area contributed by atoms with Crippen molar-refractivity contribution in [2.75, 3.05) is 6.67 Å². The molecule has 0 N–H and O–H groups in total.